The minimum Gasteiger partial charge on any atom is -0.378 e. The number of nitrogens with zero attached hydrogens (tertiary/aromatic N) is 2. The Hall–Kier alpha value is -4.19. The quantitative estimate of drug-likeness (QED) is 0.199. The molecule has 0 fully saturated rings. The number of aromatic nitrogens is 1. The van der Waals surface area contributed by atoms with Crippen molar-refractivity contribution in [2.75, 3.05) is 19.0 Å². The van der Waals surface area contributed by atoms with Crippen molar-refractivity contribution in [3.63, 3.8) is 0 Å². The maximum atomic E-state index is 2.72. The molecule has 2 aliphatic heterocycles. The minimum atomic E-state index is -2.55. The Kier molecular flexibility index (Phi) is 7.14. The predicted octanol–water partition coefficient (Wildman–Crippen LogP) is 6.39. The maximum absolute atomic E-state index is 2.72. The van der Waals surface area contributed by atoms with Crippen molar-refractivity contribution in [3.05, 3.63) is 126 Å². The number of allylic oxidation sites excluding steroid dienone is 1. The molecule has 6 aromatic rings. The molecule has 0 spiro atoms. The van der Waals surface area contributed by atoms with E-state index in [4.69, 9.17) is 0 Å². The van der Waals surface area contributed by atoms with Crippen LogP contribution in [0.4, 0.5) is 5.69 Å². The summed E-state index contributed by atoms with van der Waals surface area (Å²) in [4.78, 5) is 5.04. The zero-order valence-electron chi connectivity index (χ0n) is 28.4. The molecule has 3 heterocycles. The topological polar surface area (TPSA) is 8.17 Å². The van der Waals surface area contributed by atoms with E-state index in [-0.39, 0.29) is 6.71 Å². The third kappa shape index (κ3) is 4.20. The molecule has 5 aromatic carbocycles. The average molecular weight is 657 g/mol. The Morgan fingerprint density at radius 3 is 2.46 bits per heavy atom. The molecule has 0 N–H and O–H groups in total. The summed E-state index contributed by atoms with van der Waals surface area (Å²) in [5.41, 5.74) is 13.0. The standard InChI is InChI=1S/C43H41BN2SSi/c1-5-15-29-26-40-42-41(27-29)48(6-2,31-16-8-7-9-17-31)43-35(44(42)34-25-24-30(45(3)4)28-39(34)47-40)20-14-23-38(43)46-36-21-12-10-18-32(36)33-19-11-13-22-37(33)46/h5,7-10,12,14-18,20-21,23-28H,6,11,13,19,22H2,1-4H3/b15-5+. The zero-order chi connectivity index (χ0) is 32.6. The summed E-state index contributed by atoms with van der Waals surface area (Å²) in [7, 11) is 1.75. The first kappa shape index (κ1) is 29.9. The van der Waals surface area contributed by atoms with Crippen LogP contribution in [0.25, 0.3) is 22.7 Å². The van der Waals surface area contributed by atoms with E-state index in [1.54, 1.807) is 21.4 Å². The Morgan fingerprint density at radius 2 is 1.65 bits per heavy atom. The molecule has 48 heavy (non-hydrogen) atoms. The highest BCUT2D eigenvalue weighted by atomic mass is 32.2. The monoisotopic (exact) mass is 656 g/mol. The van der Waals surface area contributed by atoms with Gasteiger partial charge >= 0.3 is 0 Å². The largest absolute Gasteiger partial charge is 0.378 e. The van der Waals surface area contributed by atoms with Gasteiger partial charge in [-0.15, -0.1) is 0 Å². The van der Waals surface area contributed by atoms with Crippen LogP contribution in [-0.4, -0.2) is 33.4 Å². The molecule has 0 amide bonds. The fourth-order valence-electron chi connectivity index (χ4n) is 9.35. The van der Waals surface area contributed by atoms with Crippen LogP contribution in [0.3, 0.4) is 0 Å². The van der Waals surface area contributed by atoms with Gasteiger partial charge in [0.15, 0.2) is 0 Å². The van der Waals surface area contributed by atoms with E-state index < -0.39 is 8.07 Å². The number of rotatable bonds is 5. The van der Waals surface area contributed by atoms with E-state index in [1.165, 1.54) is 78.7 Å². The molecule has 0 saturated heterocycles. The van der Waals surface area contributed by atoms with Crippen LogP contribution in [0.5, 0.6) is 0 Å². The van der Waals surface area contributed by atoms with Gasteiger partial charge in [0.2, 0.25) is 6.71 Å². The molecule has 0 bridgehead atoms. The second kappa shape index (κ2) is 11.5. The minimum absolute atomic E-state index is 0.200. The maximum Gasteiger partial charge on any atom is 0.244 e. The Labute approximate surface area is 290 Å². The summed E-state index contributed by atoms with van der Waals surface area (Å²) in [5.74, 6) is 0. The lowest BCUT2D eigenvalue weighted by Gasteiger charge is -2.45. The van der Waals surface area contributed by atoms with Crippen molar-refractivity contribution in [1.29, 1.82) is 0 Å². The first-order valence-electron chi connectivity index (χ1n) is 17.7. The van der Waals surface area contributed by atoms with Gasteiger partial charge in [-0.1, -0.05) is 125 Å². The first-order valence-corrected chi connectivity index (χ1v) is 20.7. The summed E-state index contributed by atoms with van der Waals surface area (Å²) in [6.07, 6.45) is 9.37. The van der Waals surface area contributed by atoms with Gasteiger partial charge in [-0.2, -0.15) is 0 Å². The van der Waals surface area contributed by atoms with Crippen LogP contribution >= 0.6 is 11.8 Å². The zero-order valence-corrected chi connectivity index (χ0v) is 30.2. The third-order valence-corrected chi connectivity index (χ3v) is 17.6. The number of para-hydroxylation sites is 1. The molecule has 1 atom stereocenters. The van der Waals surface area contributed by atoms with Gasteiger partial charge in [0.05, 0.1) is 5.52 Å². The third-order valence-electron chi connectivity index (χ3n) is 11.3. The van der Waals surface area contributed by atoms with Crippen molar-refractivity contribution in [3.8, 4) is 5.69 Å². The molecular formula is C43H41BN2SSi. The highest BCUT2D eigenvalue weighted by Gasteiger charge is 2.51. The van der Waals surface area contributed by atoms with Gasteiger partial charge in [0.25, 0.3) is 0 Å². The number of benzene rings is 5. The number of hydrogen-bond donors (Lipinski definition) is 0. The Balaban J connectivity index is 1.45. The van der Waals surface area contributed by atoms with Gasteiger partial charge in [-0.25, -0.2) is 0 Å². The van der Waals surface area contributed by atoms with E-state index in [0.29, 0.717) is 0 Å². The first-order chi connectivity index (χ1) is 23.5. The molecule has 1 aromatic heterocycles. The van der Waals surface area contributed by atoms with E-state index >= 15 is 0 Å². The highest BCUT2D eigenvalue weighted by molar-refractivity contribution is 8.00. The average Bonchev–Trinajstić information content (AvgIpc) is 3.46. The van der Waals surface area contributed by atoms with Crippen LogP contribution in [0.15, 0.2) is 119 Å². The van der Waals surface area contributed by atoms with Gasteiger partial charge in [-0.3, -0.25) is 0 Å². The van der Waals surface area contributed by atoms with E-state index in [2.05, 4.69) is 153 Å². The van der Waals surface area contributed by atoms with Gasteiger partial charge in [-0.05, 0) is 90.5 Å². The van der Waals surface area contributed by atoms with Gasteiger partial charge in [0.1, 0.15) is 8.07 Å². The van der Waals surface area contributed by atoms with Crippen molar-refractivity contribution >= 4 is 81.2 Å². The summed E-state index contributed by atoms with van der Waals surface area (Å²) in [6, 6.07) is 41.5. The SMILES string of the molecule is C/C=C/c1cc2c3c(c1)[Si](CC)(c1ccccc1)c1c(cccc1-n1c4c(c5ccccc51)CCCC4)B3c1ccc(N(C)C)cc1S2. The number of anilines is 1. The van der Waals surface area contributed by atoms with Crippen molar-refractivity contribution < 1.29 is 0 Å². The van der Waals surface area contributed by atoms with E-state index in [0.717, 1.165) is 12.5 Å². The van der Waals surface area contributed by atoms with Gasteiger partial charge in [0, 0.05) is 46.3 Å². The van der Waals surface area contributed by atoms with Crippen molar-refractivity contribution in [1.82, 2.24) is 4.57 Å². The highest BCUT2D eigenvalue weighted by Crippen LogP contribution is 2.37. The second-order valence-electron chi connectivity index (χ2n) is 14.0. The lowest BCUT2D eigenvalue weighted by molar-refractivity contribution is 0.667. The number of aryl methyl sites for hydroxylation is 1. The summed E-state index contributed by atoms with van der Waals surface area (Å²) in [5, 5.41) is 6.18. The van der Waals surface area contributed by atoms with E-state index in [1.807, 2.05) is 11.8 Å². The van der Waals surface area contributed by atoms with Crippen LogP contribution in [0.1, 0.15) is 43.5 Å². The molecule has 0 radical (unpaired) electrons. The van der Waals surface area contributed by atoms with Crippen LogP contribution < -0.4 is 36.8 Å². The Bertz CT molecular complexity index is 2270. The normalized spacial score (nSPS) is 17.6. The van der Waals surface area contributed by atoms with Crippen LogP contribution in [0, 0.1) is 0 Å². The summed E-state index contributed by atoms with van der Waals surface area (Å²) >= 11 is 1.98. The predicted molar refractivity (Wildman–Crippen MR) is 212 cm³/mol. The van der Waals surface area contributed by atoms with Crippen molar-refractivity contribution in [2.24, 2.45) is 0 Å². The molecule has 0 saturated carbocycles. The van der Waals surface area contributed by atoms with Crippen LogP contribution in [-0.2, 0) is 12.8 Å². The molecule has 9 rings (SSSR count). The lowest BCUT2D eigenvalue weighted by atomic mass is 9.36. The molecule has 236 valence electrons. The molecule has 1 unspecified atom stereocenters. The number of fused-ring (bicyclic) bond motifs is 7. The molecule has 5 heteroatoms. The fourth-order valence-corrected chi connectivity index (χ4v) is 16.0. The van der Waals surface area contributed by atoms with Crippen LogP contribution in [0.2, 0.25) is 6.04 Å². The van der Waals surface area contributed by atoms with E-state index in [9.17, 15) is 0 Å². The molecule has 2 nitrogen and oxygen atoms in total. The fraction of sp³-hybridized carbons (Fsp3) is 0.209. The second-order valence-corrected chi connectivity index (χ2v) is 19.2. The lowest BCUT2D eigenvalue weighted by Crippen LogP contribution is -2.83. The number of hydrogen-bond acceptors (Lipinski definition) is 2. The Morgan fingerprint density at radius 1 is 0.833 bits per heavy atom. The summed E-state index contributed by atoms with van der Waals surface area (Å²) in [6.45, 7) is 4.82. The smallest absolute Gasteiger partial charge is 0.244 e. The molecule has 3 aliphatic rings. The van der Waals surface area contributed by atoms with Crippen molar-refractivity contribution in [2.45, 2.75) is 55.4 Å². The van der Waals surface area contributed by atoms with Gasteiger partial charge < -0.3 is 9.47 Å². The molecular weight excluding hydrogens is 615 g/mol. The summed E-state index contributed by atoms with van der Waals surface area (Å²) < 4.78 is 2.72. The molecule has 1 aliphatic carbocycles.